The van der Waals surface area contributed by atoms with Crippen LogP contribution in [0.2, 0.25) is 0 Å². The first-order valence-electron chi connectivity index (χ1n) is 5.90. The Balaban J connectivity index is 1.63. The lowest BCUT2D eigenvalue weighted by atomic mass is 10.3. The second kappa shape index (κ2) is 6.44. The van der Waals surface area contributed by atoms with Crippen LogP contribution in [0.1, 0.15) is 6.42 Å². The molecule has 2 amide bonds. The fourth-order valence-corrected chi connectivity index (χ4v) is 1.58. The van der Waals surface area contributed by atoms with Crippen molar-refractivity contribution in [3.63, 3.8) is 0 Å². The molecule has 0 atom stereocenters. The smallest absolute Gasteiger partial charge is 0.319 e. The quantitative estimate of drug-likeness (QED) is 0.791. The first-order chi connectivity index (χ1) is 8.84. The summed E-state index contributed by atoms with van der Waals surface area (Å²) >= 11 is 0. The third-order valence-corrected chi connectivity index (χ3v) is 2.47. The zero-order valence-electron chi connectivity index (χ0n) is 10.0. The number of carbonyl (C=O) groups is 1. The van der Waals surface area contributed by atoms with E-state index < -0.39 is 0 Å². The number of anilines is 1. The van der Waals surface area contributed by atoms with Crippen molar-refractivity contribution < 1.29 is 4.79 Å². The highest BCUT2D eigenvalue weighted by atomic mass is 16.2. The molecule has 2 aromatic rings. The summed E-state index contributed by atoms with van der Waals surface area (Å²) in [6, 6.07) is 9.21. The number of aryl methyl sites for hydroxylation is 1. The number of nitrogens with one attached hydrogen (secondary N) is 2. The van der Waals surface area contributed by atoms with Crippen molar-refractivity contribution in [3.8, 4) is 0 Å². The molecule has 0 unspecified atom stereocenters. The average molecular weight is 244 g/mol. The molecule has 0 aliphatic carbocycles. The van der Waals surface area contributed by atoms with Gasteiger partial charge in [0.1, 0.15) is 0 Å². The molecule has 0 bridgehead atoms. The number of nitrogens with zero attached hydrogens (tertiary/aromatic N) is 2. The van der Waals surface area contributed by atoms with E-state index >= 15 is 0 Å². The number of amides is 2. The normalized spacial score (nSPS) is 10.0. The van der Waals surface area contributed by atoms with Crippen LogP contribution >= 0.6 is 0 Å². The van der Waals surface area contributed by atoms with Crippen molar-refractivity contribution in [1.29, 1.82) is 0 Å². The van der Waals surface area contributed by atoms with Crippen molar-refractivity contribution in [2.24, 2.45) is 0 Å². The maximum absolute atomic E-state index is 11.5. The Morgan fingerprint density at radius 3 is 2.83 bits per heavy atom. The Morgan fingerprint density at radius 2 is 2.11 bits per heavy atom. The van der Waals surface area contributed by atoms with Gasteiger partial charge in [-0.05, 0) is 18.6 Å². The standard InChI is InChI=1S/C13H16N4O/c18-13(16-12-5-2-1-3-6-12)15-7-4-9-17-10-8-14-11-17/h1-3,5-6,8,10-11H,4,7,9H2,(H2,15,16,18). The van der Waals surface area contributed by atoms with E-state index in [1.54, 1.807) is 12.5 Å². The van der Waals surface area contributed by atoms with Crippen LogP contribution in [0.25, 0.3) is 0 Å². The van der Waals surface area contributed by atoms with Crippen molar-refractivity contribution in [3.05, 3.63) is 49.1 Å². The number of carbonyl (C=O) groups excluding carboxylic acids is 1. The topological polar surface area (TPSA) is 59.0 Å². The minimum absolute atomic E-state index is 0.174. The summed E-state index contributed by atoms with van der Waals surface area (Å²) in [5.41, 5.74) is 0.796. The summed E-state index contributed by atoms with van der Waals surface area (Å²) in [5.74, 6) is 0. The third-order valence-electron chi connectivity index (χ3n) is 2.47. The maximum atomic E-state index is 11.5. The molecule has 2 rings (SSSR count). The van der Waals surface area contributed by atoms with Gasteiger partial charge in [-0.2, -0.15) is 0 Å². The van der Waals surface area contributed by atoms with Gasteiger partial charge in [0, 0.05) is 31.2 Å². The Morgan fingerprint density at radius 1 is 1.28 bits per heavy atom. The maximum Gasteiger partial charge on any atom is 0.319 e. The highest BCUT2D eigenvalue weighted by Crippen LogP contribution is 2.03. The Kier molecular flexibility index (Phi) is 4.35. The molecule has 0 saturated heterocycles. The van der Waals surface area contributed by atoms with E-state index in [0.29, 0.717) is 6.54 Å². The van der Waals surface area contributed by atoms with Gasteiger partial charge in [0.15, 0.2) is 0 Å². The largest absolute Gasteiger partial charge is 0.338 e. The SMILES string of the molecule is O=C(NCCCn1ccnc1)Nc1ccccc1. The van der Waals surface area contributed by atoms with Crippen LogP contribution in [0.3, 0.4) is 0 Å². The lowest BCUT2D eigenvalue weighted by Crippen LogP contribution is -2.29. The Hall–Kier alpha value is -2.30. The average Bonchev–Trinajstić information content (AvgIpc) is 2.89. The van der Waals surface area contributed by atoms with Gasteiger partial charge in [-0.1, -0.05) is 18.2 Å². The summed E-state index contributed by atoms with van der Waals surface area (Å²) < 4.78 is 1.98. The van der Waals surface area contributed by atoms with Crippen LogP contribution in [-0.2, 0) is 6.54 Å². The first-order valence-corrected chi connectivity index (χ1v) is 5.90. The fraction of sp³-hybridized carbons (Fsp3) is 0.231. The van der Waals surface area contributed by atoms with E-state index in [1.165, 1.54) is 0 Å². The zero-order valence-corrected chi connectivity index (χ0v) is 10.0. The van der Waals surface area contributed by atoms with E-state index in [2.05, 4.69) is 15.6 Å². The van der Waals surface area contributed by atoms with Crippen LogP contribution in [0.5, 0.6) is 0 Å². The van der Waals surface area contributed by atoms with Crippen LogP contribution in [0, 0.1) is 0 Å². The second-order valence-electron chi connectivity index (χ2n) is 3.90. The van der Waals surface area contributed by atoms with E-state index in [1.807, 2.05) is 41.1 Å². The molecular formula is C13H16N4O. The lowest BCUT2D eigenvalue weighted by Gasteiger charge is -2.07. The monoisotopic (exact) mass is 244 g/mol. The van der Waals surface area contributed by atoms with E-state index in [-0.39, 0.29) is 6.03 Å². The van der Waals surface area contributed by atoms with Gasteiger partial charge in [0.2, 0.25) is 0 Å². The molecule has 0 aliphatic rings. The van der Waals surface area contributed by atoms with Gasteiger partial charge in [-0.25, -0.2) is 9.78 Å². The number of benzene rings is 1. The summed E-state index contributed by atoms with van der Waals surface area (Å²) in [6.07, 6.45) is 6.29. The van der Waals surface area contributed by atoms with Crippen molar-refractivity contribution in [2.45, 2.75) is 13.0 Å². The molecule has 18 heavy (non-hydrogen) atoms. The van der Waals surface area contributed by atoms with Gasteiger partial charge < -0.3 is 15.2 Å². The third kappa shape index (κ3) is 3.93. The number of hydrogen-bond acceptors (Lipinski definition) is 2. The van der Waals surface area contributed by atoms with Gasteiger partial charge in [0.05, 0.1) is 6.33 Å². The molecular weight excluding hydrogens is 228 g/mol. The zero-order chi connectivity index (χ0) is 12.6. The Bertz CT molecular complexity index is 467. The molecule has 0 fully saturated rings. The summed E-state index contributed by atoms with van der Waals surface area (Å²) in [7, 11) is 0. The van der Waals surface area contributed by atoms with Crippen molar-refractivity contribution in [1.82, 2.24) is 14.9 Å². The molecule has 94 valence electrons. The molecule has 5 heteroatoms. The minimum atomic E-state index is -0.174. The molecule has 1 aromatic carbocycles. The van der Waals surface area contributed by atoms with Gasteiger partial charge in [-0.3, -0.25) is 0 Å². The number of para-hydroxylation sites is 1. The molecule has 0 spiro atoms. The number of urea groups is 1. The number of hydrogen-bond donors (Lipinski definition) is 2. The fourth-order valence-electron chi connectivity index (χ4n) is 1.58. The predicted molar refractivity (Wildman–Crippen MR) is 70.3 cm³/mol. The van der Waals surface area contributed by atoms with Crippen molar-refractivity contribution in [2.75, 3.05) is 11.9 Å². The van der Waals surface area contributed by atoms with Crippen LogP contribution in [0.4, 0.5) is 10.5 Å². The van der Waals surface area contributed by atoms with Gasteiger partial charge in [0.25, 0.3) is 0 Å². The van der Waals surface area contributed by atoms with Crippen LogP contribution in [-0.4, -0.2) is 22.1 Å². The first kappa shape index (κ1) is 12.2. The van der Waals surface area contributed by atoms with E-state index in [9.17, 15) is 4.79 Å². The van der Waals surface area contributed by atoms with Crippen LogP contribution < -0.4 is 10.6 Å². The highest BCUT2D eigenvalue weighted by molar-refractivity contribution is 5.89. The summed E-state index contributed by atoms with van der Waals surface area (Å²) in [4.78, 5) is 15.5. The second-order valence-corrected chi connectivity index (χ2v) is 3.90. The Labute approximate surface area is 106 Å². The number of aromatic nitrogens is 2. The molecule has 0 aliphatic heterocycles. The van der Waals surface area contributed by atoms with Crippen molar-refractivity contribution >= 4 is 11.7 Å². The molecule has 2 N–H and O–H groups in total. The predicted octanol–water partition coefficient (Wildman–Crippen LogP) is 2.09. The molecule has 5 nitrogen and oxygen atoms in total. The van der Waals surface area contributed by atoms with E-state index in [4.69, 9.17) is 0 Å². The molecule has 0 saturated carbocycles. The highest BCUT2D eigenvalue weighted by Gasteiger charge is 1.99. The van der Waals surface area contributed by atoms with E-state index in [0.717, 1.165) is 18.7 Å². The van der Waals surface area contributed by atoms with Gasteiger partial charge in [-0.15, -0.1) is 0 Å². The summed E-state index contributed by atoms with van der Waals surface area (Å²) in [5, 5.41) is 5.58. The number of imidazole rings is 1. The molecule has 1 heterocycles. The molecule has 1 aromatic heterocycles. The summed E-state index contributed by atoms with van der Waals surface area (Å²) in [6.45, 7) is 1.49. The van der Waals surface area contributed by atoms with Gasteiger partial charge >= 0.3 is 6.03 Å². The number of rotatable bonds is 5. The minimum Gasteiger partial charge on any atom is -0.338 e. The molecule has 0 radical (unpaired) electrons. The lowest BCUT2D eigenvalue weighted by molar-refractivity contribution is 0.252. The van der Waals surface area contributed by atoms with Crippen LogP contribution in [0.15, 0.2) is 49.1 Å².